The van der Waals surface area contributed by atoms with Crippen LogP contribution in [-0.4, -0.2) is 4.98 Å². The first-order valence-corrected chi connectivity index (χ1v) is 5.68. The van der Waals surface area contributed by atoms with Crippen molar-refractivity contribution in [2.24, 2.45) is 0 Å². The molecule has 0 aliphatic heterocycles. The molecule has 0 saturated carbocycles. The molecular formula is C11H6Cl3FN2. The Bertz CT molecular complexity index is 564. The van der Waals surface area contributed by atoms with Crippen molar-refractivity contribution >= 4 is 40.5 Å². The smallest absolute Gasteiger partial charge is 0.236 e. The third-order valence-electron chi connectivity index (χ3n) is 2.18. The number of nitrogen functional groups attached to an aromatic ring is 1. The van der Waals surface area contributed by atoms with Crippen LogP contribution in [0.4, 0.5) is 10.1 Å². The standard InChI is InChI=1S/C11H6Cl3FN2/c12-7-1-5(2-8(13)10(7)14)6-3-9(16)11(15)17-4-6/h1-4H,16H2. The highest BCUT2D eigenvalue weighted by atomic mass is 35.5. The van der Waals surface area contributed by atoms with E-state index >= 15 is 0 Å². The first-order chi connectivity index (χ1) is 7.99. The monoisotopic (exact) mass is 290 g/mol. The number of pyridine rings is 1. The van der Waals surface area contributed by atoms with Gasteiger partial charge in [-0.15, -0.1) is 0 Å². The van der Waals surface area contributed by atoms with Crippen LogP contribution in [-0.2, 0) is 0 Å². The van der Waals surface area contributed by atoms with E-state index in [1.165, 1.54) is 12.3 Å². The summed E-state index contributed by atoms with van der Waals surface area (Å²) in [6.07, 6.45) is 1.35. The number of aromatic nitrogens is 1. The fourth-order valence-electron chi connectivity index (χ4n) is 1.35. The number of hydrogen-bond acceptors (Lipinski definition) is 2. The average molecular weight is 292 g/mol. The van der Waals surface area contributed by atoms with Gasteiger partial charge in [0.15, 0.2) is 0 Å². The van der Waals surface area contributed by atoms with Gasteiger partial charge in [0.2, 0.25) is 5.95 Å². The Morgan fingerprint density at radius 3 is 2.12 bits per heavy atom. The predicted octanol–water partition coefficient (Wildman–Crippen LogP) is 4.43. The molecule has 0 atom stereocenters. The average Bonchev–Trinajstić information content (AvgIpc) is 2.29. The maximum absolute atomic E-state index is 12.9. The zero-order chi connectivity index (χ0) is 12.6. The zero-order valence-electron chi connectivity index (χ0n) is 8.35. The summed E-state index contributed by atoms with van der Waals surface area (Å²) in [5, 5.41) is 0.911. The van der Waals surface area contributed by atoms with E-state index in [1.807, 2.05) is 0 Å². The van der Waals surface area contributed by atoms with E-state index in [-0.39, 0.29) is 10.7 Å². The van der Waals surface area contributed by atoms with Gasteiger partial charge in [0.1, 0.15) is 0 Å². The summed E-state index contributed by atoms with van der Waals surface area (Å²) in [5.74, 6) is -0.708. The lowest BCUT2D eigenvalue weighted by Gasteiger charge is -2.06. The zero-order valence-corrected chi connectivity index (χ0v) is 10.6. The largest absolute Gasteiger partial charge is 0.395 e. The summed E-state index contributed by atoms with van der Waals surface area (Å²) < 4.78 is 12.9. The lowest BCUT2D eigenvalue weighted by atomic mass is 10.1. The molecule has 2 N–H and O–H groups in total. The van der Waals surface area contributed by atoms with Crippen molar-refractivity contribution in [2.45, 2.75) is 0 Å². The van der Waals surface area contributed by atoms with Crippen LogP contribution in [0.15, 0.2) is 24.4 Å². The van der Waals surface area contributed by atoms with Gasteiger partial charge >= 0.3 is 0 Å². The molecule has 0 unspecified atom stereocenters. The van der Waals surface area contributed by atoms with Crippen molar-refractivity contribution in [3.63, 3.8) is 0 Å². The van der Waals surface area contributed by atoms with Crippen LogP contribution in [0.25, 0.3) is 11.1 Å². The number of rotatable bonds is 1. The summed E-state index contributed by atoms with van der Waals surface area (Å²) in [6, 6.07) is 4.69. The van der Waals surface area contributed by atoms with Crippen LogP contribution in [0.1, 0.15) is 0 Å². The highest BCUT2D eigenvalue weighted by molar-refractivity contribution is 6.48. The molecule has 1 aromatic carbocycles. The number of nitrogens with two attached hydrogens (primary N) is 1. The third kappa shape index (κ3) is 2.46. The fraction of sp³-hybridized carbons (Fsp3) is 0. The van der Waals surface area contributed by atoms with Gasteiger partial charge in [-0.3, -0.25) is 0 Å². The maximum Gasteiger partial charge on any atom is 0.236 e. The molecular weight excluding hydrogens is 285 g/mol. The van der Waals surface area contributed by atoms with E-state index in [9.17, 15) is 4.39 Å². The topological polar surface area (TPSA) is 38.9 Å². The van der Waals surface area contributed by atoms with Crippen LogP contribution in [0.3, 0.4) is 0 Å². The predicted molar refractivity (Wildman–Crippen MR) is 69.1 cm³/mol. The molecule has 0 saturated heterocycles. The van der Waals surface area contributed by atoms with Crippen LogP contribution in [0.5, 0.6) is 0 Å². The minimum atomic E-state index is -0.708. The molecule has 2 nitrogen and oxygen atoms in total. The molecule has 0 spiro atoms. The van der Waals surface area contributed by atoms with Gasteiger partial charge in [0, 0.05) is 11.8 Å². The quantitative estimate of drug-likeness (QED) is 0.623. The molecule has 0 amide bonds. The van der Waals surface area contributed by atoms with Crippen molar-refractivity contribution in [3.8, 4) is 11.1 Å². The Morgan fingerprint density at radius 1 is 1.00 bits per heavy atom. The summed E-state index contributed by atoms with van der Waals surface area (Å²) in [6.45, 7) is 0. The number of nitrogens with zero attached hydrogens (tertiary/aromatic N) is 1. The number of halogens is 4. The molecule has 0 radical (unpaired) electrons. The maximum atomic E-state index is 12.9. The van der Waals surface area contributed by atoms with Gasteiger partial charge in [-0.1, -0.05) is 34.8 Å². The molecule has 0 aliphatic rings. The normalized spacial score (nSPS) is 10.6. The summed E-state index contributed by atoms with van der Waals surface area (Å²) in [7, 11) is 0. The van der Waals surface area contributed by atoms with Crippen LogP contribution in [0, 0.1) is 5.95 Å². The van der Waals surface area contributed by atoms with Crippen LogP contribution in [0.2, 0.25) is 15.1 Å². The minimum absolute atomic E-state index is 0.0373. The van der Waals surface area contributed by atoms with E-state index < -0.39 is 5.95 Å². The van der Waals surface area contributed by atoms with Crippen molar-refractivity contribution in [2.75, 3.05) is 5.73 Å². The van der Waals surface area contributed by atoms with E-state index in [0.29, 0.717) is 21.2 Å². The Kier molecular flexibility index (Phi) is 3.43. The highest BCUT2D eigenvalue weighted by Crippen LogP contribution is 2.35. The molecule has 0 bridgehead atoms. The number of benzene rings is 1. The molecule has 0 fully saturated rings. The second-order valence-corrected chi connectivity index (χ2v) is 4.55. The molecule has 2 aromatic rings. The lowest BCUT2D eigenvalue weighted by Crippen LogP contribution is -1.94. The lowest BCUT2D eigenvalue weighted by molar-refractivity contribution is 0.589. The van der Waals surface area contributed by atoms with E-state index in [1.54, 1.807) is 12.1 Å². The van der Waals surface area contributed by atoms with Gasteiger partial charge < -0.3 is 5.73 Å². The summed E-state index contributed by atoms with van der Waals surface area (Å²) in [4.78, 5) is 3.53. The summed E-state index contributed by atoms with van der Waals surface area (Å²) in [5.41, 5.74) is 6.68. The van der Waals surface area contributed by atoms with Gasteiger partial charge in [0.25, 0.3) is 0 Å². The molecule has 0 aliphatic carbocycles. The third-order valence-corrected chi connectivity index (χ3v) is 3.38. The highest BCUT2D eigenvalue weighted by Gasteiger charge is 2.09. The van der Waals surface area contributed by atoms with Crippen LogP contribution >= 0.6 is 34.8 Å². The molecule has 2 rings (SSSR count). The van der Waals surface area contributed by atoms with Crippen molar-refractivity contribution in [3.05, 3.63) is 45.4 Å². The first-order valence-electron chi connectivity index (χ1n) is 4.55. The van der Waals surface area contributed by atoms with Crippen molar-refractivity contribution in [1.29, 1.82) is 0 Å². The van der Waals surface area contributed by atoms with Crippen LogP contribution < -0.4 is 5.73 Å². The second kappa shape index (κ2) is 4.69. The van der Waals surface area contributed by atoms with Crippen molar-refractivity contribution in [1.82, 2.24) is 4.98 Å². The van der Waals surface area contributed by atoms with Gasteiger partial charge in [-0.25, -0.2) is 4.98 Å². The van der Waals surface area contributed by atoms with Gasteiger partial charge in [-0.05, 0) is 23.8 Å². The number of hydrogen-bond donors (Lipinski definition) is 1. The van der Waals surface area contributed by atoms with E-state index in [0.717, 1.165) is 0 Å². The summed E-state index contributed by atoms with van der Waals surface area (Å²) >= 11 is 17.6. The molecule has 6 heteroatoms. The number of anilines is 1. The first kappa shape index (κ1) is 12.4. The molecule has 17 heavy (non-hydrogen) atoms. The SMILES string of the molecule is Nc1cc(-c2cc(Cl)c(Cl)c(Cl)c2)cnc1F. The Labute approximate surface area is 112 Å². The van der Waals surface area contributed by atoms with Crippen molar-refractivity contribution < 1.29 is 4.39 Å². The Balaban J connectivity index is 2.57. The molecule has 1 heterocycles. The van der Waals surface area contributed by atoms with Gasteiger partial charge in [0.05, 0.1) is 20.8 Å². The fourth-order valence-corrected chi connectivity index (χ4v) is 1.94. The second-order valence-electron chi connectivity index (χ2n) is 3.36. The van der Waals surface area contributed by atoms with E-state index in [4.69, 9.17) is 40.5 Å². The Morgan fingerprint density at radius 2 is 1.59 bits per heavy atom. The molecule has 88 valence electrons. The minimum Gasteiger partial charge on any atom is -0.395 e. The van der Waals surface area contributed by atoms with E-state index in [2.05, 4.69) is 4.98 Å². The Hall–Kier alpha value is -1.03. The van der Waals surface area contributed by atoms with Gasteiger partial charge in [-0.2, -0.15) is 4.39 Å². The molecule has 1 aromatic heterocycles.